The van der Waals surface area contributed by atoms with Crippen molar-refractivity contribution in [3.63, 3.8) is 0 Å². The maximum absolute atomic E-state index is 6.20. The monoisotopic (exact) mass is 230 g/mol. The van der Waals surface area contributed by atoms with Crippen molar-refractivity contribution >= 4 is 9.76 Å². The summed E-state index contributed by atoms with van der Waals surface area (Å²) >= 11 is 0. The first-order chi connectivity index (χ1) is 7.02. The summed E-state index contributed by atoms with van der Waals surface area (Å²) < 4.78 is 6.20. The van der Waals surface area contributed by atoms with E-state index in [1.165, 1.54) is 18.9 Å². The Morgan fingerprint density at radius 3 is 1.73 bits per heavy atom. The van der Waals surface area contributed by atoms with Gasteiger partial charge in [-0.15, -0.1) is 0 Å². The van der Waals surface area contributed by atoms with Crippen LogP contribution in [0.4, 0.5) is 0 Å². The van der Waals surface area contributed by atoms with Gasteiger partial charge in [0.25, 0.3) is 0 Å². The summed E-state index contributed by atoms with van der Waals surface area (Å²) in [6.07, 6.45) is 3.00. The van der Waals surface area contributed by atoms with Crippen LogP contribution in [-0.4, -0.2) is 15.9 Å². The van der Waals surface area contributed by atoms with Crippen LogP contribution in [0.2, 0.25) is 6.04 Å². The summed E-state index contributed by atoms with van der Waals surface area (Å²) in [4.78, 5) is 0. The second-order valence-electron chi connectivity index (χ2n) is 5.29. The maximum atomic E-state index is 6.20. The zero-order valence-electron chi connectivity index (χ0n) is 11.5. The van der Waals surface area contributed by atoms with Gasteiger partial charge in [-0.05, 0) is 23.8 Å². The van der Waals surface area contributed by atoms with Gasteiger partial charge < -0.3 is 4.43 Å². The van der Waals surface area contributed by atoms with Gasteiger partial charge in [0.2, 0.25) is 0 Å². The fraction of sp³-hybridized carbons (Fsp3) is 1.00. The molecule has 0 radical (unpaired) electrons. The second-order valence-corrected chi connectivity index (χ2v) is 6.61. The van der Waals surface area contributed by atoms with Crippen LogP contribution in [0, 0.1) is 17.8 Å². The molecule has 0 saturated carbocycles. The van der Waals surface area contributed by atoms with E-state index in [4.69, 9.17) is 4.43 Å². The van der Waals surface area contributed by atoms with Gasteiger partial charge in [0.05, 0.1) is 0 Å². The quantitative estimate of drug-likeness (QED) is 0.579. The van der Waals surface area contributed by atoms with E-state index in [0.717, 1.165) is 17.8 Å². The minimum Gasteiger partial charge on any atom is -0.421 e. The maximum Gasteiger partial charge on any atom is 0.162 e. The van der Waals surface area contributed by atoms with E-state index in [1.807, 2.05) is 0 Å². The Hall–Kier alpha value is 0.177. The minimum atomic E-state index is -0.288. The van der Waals surface area contributed by atoms with Crippen molar-refractivity contribution in [3.8, 4) is 0 Å². The predicted molar refractivity (Wildman–Crippen MR) is 72.0 cm³/mol. The first kappa shape index (κ1) is 15.2. The Labute approximate surface area is 98.9 Å². The molecule has 1 nitrogen and oxygen atoms in total. The Balaban J connectivity index is 4.01. The molecule has 0 spiro atoms. The molecule has 2 unspecified atom stereocenters. The minimum absolute atomic E-state index is 0.288. The van der Waals surface area contributed by atoms with E-state index in [0.29, 0.717) is 6.10 Å². The summed E-state index contributed by atoms with van der Waals surface area (Å²) in [6.45, 7) is 13.8. The lowest BCUT2D eigenvalue weighted by molar-refractivity contribution is 0.0890. The molecule has 0 saturated heterocycles. The first-order valence-electron chi connectivity index (χ1n) is 6.64. The lowest BCUT2D eigenvalue weighted by Crippen LogP contribution is -2.30. The number of hydrogen-bond acceptors (Lipinski definition) is 1. The summed E-state index contributed by atoms with van der Waals surface area (Å²) in [7, 11) is -0.288. The van der Waals surface area contributed by atoms with Gasteiger partial charge in [-0.2, -0.15) is 0 Å². The molecule has 0 aliphatic carbocycles. The molecule has 0 aromatic carbocycles. The normalized spacial score (nSPS) is 18.6. The van der Waals surface area contributed by atoms with Crippen LogP contribution >= 0.6 is 0 Å². The van der Waals surface area contributed by atoms with Gasteiger partial charge in [-0.1, -0.05) is 54.4 Å². The van der Waals surface area contributed by atoms with E-state index >= 15 is 0 Å². The molecule has 2 heteroatoms. The fourth-order valence-electron chi connectivity index (χ4n) is 1.79. The van der Waals surface area contributed by atoms with Crippen LogP contribution < -0.4 is 0 Å². The van der Waals surface area contributed by atoms with Crippen molar-refractivity contribution in [1.29, 1.82) is 0 Å². The zero-order valence-corrected chi connectivity index (χ0v) is 13.0. The van der Waals surface area contributed by atoms with Crippen LogP contribution in [0.3, 0.4) is 0 Å². The summed E-state index contributed by atoms with van der Waals surface area (Å²) in [5, 5.41) is 0. The van der Waals surface area contributed by atoms with Crippen LogP contribution in [0.1, 0.15) is 54.4 Å². The Morgan fingerprint density at radius 2 is 1.40 bits per heavy atom. The molecule has 2 atom stereocenters. The summed E-state index contributed by atoms with van der Waals surface area (Å²) in [6, 6.07) is 1.32. The van der Waals surface area contributed by atoms with E-state index in [9.17, 15) is 0 Å². The molecule has 15 heavy (non-hydrogen) atoms. The molecule has 0 aromatic rings. The van der Waals surface area contributed by atoms with Crippen LogP contribution in [0.25, 0.3) is 0 Å². The Morgan fingerprint density at radius 1 is 0.933 bits per heavy atom. The van der Waals surface area contributed by atoms with Gasteiger partial charge in [0.1, 0.15) is 0 Å². The van der Waals surface area contributed by atoms with E-state index < -0.39 is 0 Å². The Kier molecular flexibility index (Phi) is 8.44. The van der Waals surface area contributed by atoms with Gasteiger partial charge in [0.15, 0.2) is 9.76 Å². The molecular weight excluding hydrogens is 200 g/mol. The summed E-state index contributed by atoms with van der Waals surface area (Å²) in [5.41, 5.74) is 0. The molecule has 0 aromatic heterocycles. The predicted octanol–water partition coefficient (Wildman–Crippen LogP) is 3.62. The third-order valence-corrected chi connectivity index (χ3v) is 5.43. The first-order valence-corrected chi connectivity index (χ1v) is 8.22. The lowest BCUT2D eigenvalue weighted by atomic mass is 9.90. The second kappa shape index (κ2) is 8.34. The average molecular weight is 230 g/mol. The van der Waals surface area contributed by atoms with Crippen molar-refractivity contribution < 1.29 is 4.43 Å². The van der Waals surface area contributed by atoms with E-state index in [1.54, 1.807) is 0 Å². The van der Waals surface area contributed by atoms with E-state index in [2.05, 4.69) is 41.5 Å². The van der Waals surface area contributed by atoms with Crippen molar-refractivity contribution in [2.45, 2.75) is 66.5 Å². The van der Waals surface area contributed by atoms with Gasteiger partial charge in [-0.25, -0.2) is 0 Å². The SMILES string of the molecule is CCC(C)C(O[SiH2]CC(C)C)C(C)CC. The molecule has 92 valence electrons. The molecule has 0 aliphatic heterocycles. The van der Waals surface area contributed by atoms with Crippen molar-refractivity contribution in [2.75, 3.05) is 0 Å². The van der Waals surface area contributed by atoms with Crippen LogP contribution in [-0.2, 0) is 4.43 Å². The standard InChI is InChI=1S/C13H30OSi/c1-7-11(5)13(12(6)8-2)14-15-9-10(3)4/h10-13H,7-9,15H2,1-6H3. The molecule has 0 fully saturated rings. The van der Waals surface area contributed by atoms with Crippen LogP contribution in [0.5, 0.6) is 0 Å². The summed E-state index contributed by atoms with van der Waals surface area (Å²) in [5.74, 6) is 2.26. The molecule has 0 rings (SSSR count). The van der Waals surface area contributed by atoms with Crippen LogP contribution in [0.15, 0.2) is 0 Å². The smallest absolute Gasteiger partial charge is 0.162 e. The van der Waals surface area contributed by atoms with E-state index in [-0.39, 0.29) is 9.76 Å². The fourth-order valence-corrected chi connectivity index (χ4v) is 3.33. The molecule has 0 heterocycles. The highest BCUT2D eigenvalue weighted by atomic mass is 28.2. The average Bonchev–Trinajstić information content (AvgIpc) is 2.22. The number of hydrogen-bond donors (Lipinski definition) is 0. The molecule has 0 amide bonds. The van der Waals surface area contributed by atoms with Crippen molar-refractivity contribution in [2.24, 2.45) is 17.8 Å². The largest absolute Gasteiger partial charge is 0.421 e. The molecule has 0 N–H and O–H groups in total. The molecular formula is C13H30OSi. The third-order valence-electron chi connectivity index (χ3n) is 3.42. The topological polar surface area (TPSA) is 9.23 Å². The highest BCUT2D eigenvalue weighted by molar-refractivity contribution is 6.27. The molecule has 0 aliphatic rings. The Bertz CT molecular complexity index is 137. The lowest BCUT2D eigenvalue weighted by Gasteiger charge is -2.29. The highest BCUT2D eigenvalue weighted by Crippen LogP contribution is 2.22. The van der Waals surface area contributed by atoms with Gasteiger partial charge >= 0.3 is 0 Å². The third kappa shape index (κ3) is 6.36. The highest BCUT2D eigenvalue weighted by Gasteiger charge is 2.21. The van der Waals surface area contributed by atoms with Gasteiger partial charge in [-0.3, -0.25) is 0 Å². The number of rotatable bonds is 8. The van der Waals surface area contributed by atoms with Gasteiger partial charge in [0, 0.05) is 6.10 Å². The van der Waals surface area contributed by atoms with Crippen molar-refractivity contribution in [1.82, 2.24) is 0 Å². The zero-order chi connectivity index (χ0) is 11.8. The molecule has 0 bridgehead atoms. The van der Waals surface area contributed by atoms with Crippen molar-refractivity contribution in [3.05, 3.63) is 0 Å².